The van der Waals surface area contributed by atoms with Crippen molar-refractivity contribution >= 4 is 11.9 Å². The quantitative estimate of drug-likeness (QED) is 0.923. The molecular formula is C16H21NO4. The number of carbonyl (C=O) groups excluding carboxylic acids is 1. The zero-order valence-corrected chi connectivity index (χ0v) is 12.4. The highest BCUT2D eigenvalue weighted by molar-refractivity contribution is 5.86. The number of rotatable bonds is 4. The van der Waals surface area contributed by atoms with Gasteiger partial charge in [0.2, 0.25) is 0 Å². The minimum absolute atomic E-state index is 0.0378. The fourth-order valence-electron chi connectivity index (χ4n) is 2.80. The lowest BCUT2D eigenvalue weighted by molar-refractivity contribution is -0.157. The number of hydrogen-bond acceptors (Lipinski definition) is 3. The van der Waals surface area contributed by atoms with Crippen molar-refractivity contribution in [2.75, 3.05) is 6.54 Å². The lowest BCUT2D eigenvalue weighted by atomic mass is 9.90. The summed E-state index contributed by atoms with van der Waals surface area (Å²) in [6.45, 7) is 4.01. The van der Waals surface area contributed by atoms with Gasteiger partial charge in [-0.05, 0) is 37.8 Å². The molecule has 5 nitrogen and oxygen atoms in total. The summed E-state index contributed by atoms with van der Waals surface area (Å²) in [5.74, 6) is -0.639. The van der Waals surface area contributed by atoms with E-state index in [0.29, 0.717) is 12.3 Å². The number of para-hydroxylation sites is 1. The standard InChI is InChI=1S/C16H21NO4/c1-11-7-6-10-17(14(11)16(19)20)15(18)12(2)21-13-8-4-3-5-9-13/h3-5,8-9,11-12,14H,6-7,10H2,1-2H3,(H,19,20). The molecule has 21 heavy (non-hydrogen) atoms. The summed E-state index contributed by atoms with van der Waals surface area (Å²) in [5, 5.41) is 9.36. The second-order valence-electron chi connectivity index (χ2n) is 5.51. The number of carboxylic acids is 1. The second kappa shape index (κ2) is 6.61. The van der Waals surface area contributed by atoms with Gasteiger partial charge < -0.3 is 14.7 Å². The second-order valence-corrected chi connectivity index (χ2v) is 5.51. The first-order valence-electron chi connectivity index (χ1n) is 7.25. The van der Waals surface area contributed by atoms with Gasteiger partial charge >= 0.3 is 5.97 Å². The third kappa shape index (κ3) is 3.54. The van der Waals surface area contributed by atoms with E-state index in [1.54, 1.807) is 19.1 Å². The van der Waals surface area contributed by atoms with E-state index in [1.165, 1.54) is 4.90 Å². The third-order valence-corrected chi connectivity index (χ3v) is 3.87. The Kier molecular flexibility index (Phi) is 4.83. The molecular weight excluding hydrogens is 270 g/mol. The number of amides is 1. The van der Waals surface area contributed by atoms with Gasteiger partial charge in [0.15, 0.2) is 6.10 Å². The lowest BCUT2D eigenvalue weighted by Crippen LogP contribution is -2.55. The molecule has 0 saturated carbocycles. The van der Waals surface area contributed by atoms with Crippen LogP contribution in [0.1, 0.15) is 26.7 Å². The number of aliphatic carboxylic acids is 1. The molecule has 0 radical (unpaired) electrons. The molecule has 1 aliphatic heterocycles. The van der Waals surface area contributed by atoms with Crippen molar-refractivity contribution in [3.8, 4) is 5.75 Å². The zero-order chi connectivity index (χ0) is 15.4. The predicted molar refractivity (Wildman–Crippen MR) is 78.1 cm³/mol. The van der Waals surface area contributed by atoms with Gasteiger partial charge in [0.25, 0.3) is 5.91 Å². The van der Waals surface area contributed by atoms with Crippen LogP contribution in [0.5, 0.6) is 5.75 Å². The maximum atomic E-state index is 12.5. The van der Waals surface area contributed by atoms with E-state index in [1.807, 2.05) is 25.1 Å². The summed E-state index contributed by atoms with van der Waals surface area (Å²) in [5.41, 5.74) is 0. The Morgan fingerprint density at radius 1 is 1.33 bits per heavy atom. The molecule has 114 valence electrons. The topological polar surface area (TPSA) is 66.8 Å². The van der Waals surface area contributed by atoms with Crippen molar-refractivity contribution in [2.45, 2.75) is 38.8 Å². The van der Waals surface area contributed by atoms with Crippen LogP contribution in [0.3, 0.4) is 0 Å². The number of carbonyl (C=O) groups is 2. The summed E-state index contributed by atoms with van der Waals surface area (Å²) in [6, 6.07) is 8.32. The maximum Gasteiger partial charge on any atom is 0.326 e. The van der Waals surface area contributed by atoms with Crippen molar-refractivity contribution in [2.24, 2.45) is 5.92 Å². The summed E-state index contributed by atoms with van der Waals surface area (Å²) >= 11 is 0. The van der Waals surface area contributed by atoms with Crippen molar-refractivity contribution in [1.82, 2.24) is 4.90 Å². The molecule has 1 aromatic rings. The minimum Gasteiger partial charge on any atom is -0.481 e. The van der Waals surface area contributed by atoms with E-state index >= 15 is 0 Å². The summed E-state index contributed by atoms with van der Waals surface area (Å²) in [7, 11) is 0. The zero-order valence-electron chi connectivity index (χ0n) is 12.4. The number of ether oxygens (including phenoxy) is 1. The first-order valence-corrected chi connectivity index (χ1v) is 7.25. The summed E-state index contributed by atoms with van der Waals surface area (Å²) < 4.78 is 5.61. The highest BCUT2D eigenvalue weighted by Gasteiger charge is 2.38. The molecule has 0 aromatic heterocycles. The Balaban J connectivity index is 2.08. The molecule has 2 rings (SSSR count). The van der Waals surface area contributed by atoms with Crippen LogP contribution in [0.2, 0.25) is 0 Å². The van der Waals surface area contributed by atoms with Crippen LogP contribution in [0.15, 0.2) is 30.3 Å². The van der Waals surface area contributed by atoms with E-state index < -0.39 is 18.1 Å². The first kappa shape index (κ1) is 15.4. The van der Waals surface area contributed by atoms with Gasteiger partial charge in [-0.15, -0.1) is 0 Å². The van der Waals surface area contributed by atoms with Crippen LogP contribution in [-0.2, 0) is 9.59 Å². The highest BCUT2D eigenvalue weighted by atomic mass is 16.5. The number of benzene rings is 1. The van der Waals surface area contributed by atoms with E-state index in [9.17, 15) is 14.7 Å². The average Bonchev–Trinajstić information content (AvgIpc) is 2.46. The number of nitrogens with zero attached hydrogens (tertiary/aromatic N) is 1. The van der Waals surface area contributed by atoms with Crippen LogP contribution in [0.4, 0.5) is 0 Å². The number of piperidine rings is 1. The summed E-state index contributed by atoms with van der Waals surface area (Å²) in [6.07, 6.45) is 0.961. The molecule has 0 aliphatic carbocycles. The minimum atomic E-state index is -0.942. The van der Waals surface area contributed by atoms with Crippen LogP contribution in [-0.4, -0.2) is 40.6 Å². The van der Waals surface area contributed by atoms with Gasteiger partial charge in [0, 0.05) is 6.54 Å². The van der Waals surface area contributed by atoms with Gasteiger partial charge in [0.1, 0.15) is 11.8 Å². The molecule has 0 bridgehead atoms. The van der Waals surface area contributed by atoms with E-state index in [4.69, 9.17) is 4.74 Å². The van der Waals surface area contributed by atoms with Gasteiger partial charge in [0.05, 0.1) is 0 Å². The smallest absolute Gasteiger partial charge is 0.326 e. The molecule has 3 atom stereocenters. The fourth-order valence-corrected chi connectivity index (χ4v) is 2.80. The third-order valence-electron chi connectivity index (χ3n) is 3.87. The Morgan fingerprint density at radius 3 is 2.62 bits per heavy atom. The van der Waals surface area contributed by atoms with Crippen LogP contribution < -0.4 is 4.74 Å². The van der Waals surface area contributed by atoms with E-state index in [-0.39, 0.29) is 11.8 Å². The molecule has 5 heteroatoms. The molecule has 1 aromatic carbocycles. The first-order chi connectivity index (χ1) is 10.0. The molecule has 1 amide bonds. The van der Waals surface area contributed by atoms with Gasteiger partial charge in [-0.1, -0.05) is 25.1 Å². The molecule has 1 N–H and O–H groups in total. The molecule has 1 aliphatic rings. The molecule has 0 spiro atoms. The molecule has 1 saturated heterocycles. The van der Waals surface area contributed by atoms with E-state index in [2.05, 4.69) is 0 Å². The van der Waals surface area contributed by atoms with Crippen molar-refractivity contribution in [1.29, 1.82) is 0 Å². The Bertz CT molecular complexity index is 502. The summed E-state index contributed by atoms with van der Waals surface area (Å²) in [4.78, 5) is 25.4. The van der Waals surface area contributed by atoms with Gasteiger partial charge in [-0.3, -0.25) is 4.79 Å². The highest BCUT2D eigenvalue weighted by Crippen LogP contribution is 2.25. The fraction of sp³-hybridized carbons (Fsp3) is 0.500. The molecule has 1 fully saturated rings. The van der Waals surface area contributed by atoms with Crippen LogP contribution in [0, 0.1) is 5.92 Å². The largest absolute Gasteiger partial charge is 0.481 e. The molecule has 1 heterocycles. The Morgan fingerprint density at radius 2 is 2.00 bits per heavy atom. The van der Waals surface area contributed by atoms with Gasteiger partial charge in [-0.2, -0.15) is 0 Å². The maximum absolute atomic E-state index is 12.5. The lowest BCUT2D eigenvalue weighted by Gasteiger charge is -2.38. The van der Waals surface area contributed by atoms with Crippen LogP contribution >= 0.6 is 0 Å². The monoisotopic (exact) mass is 291 g/mol. The van der Waals surface area contributed by atoms with E-state index in [0.717, 1.165) is 12.8 Å². The van der Waals surface area contributed by atoms with Crippen molar-refractivity contribution in [3.05, 3.63) is 30.3 Å². The van der Waals surface area contributed by atoms with Gasteiger partial charge in [-0.25, -0.2) is 4.79 Å². The number of hydrogen-bond donors (Lipinski definition) is 1. The van der Waals surface area contributed by atoms with Crippen molar-refractivity contribution < 1.29 is 19.4 Å². The number of likely N-dealkylation sites (tertiary alicyclic amines) is 1. The normalized spacial score (nSPS) is 23.4. The molecule has 3 unspecified atom stereocenters. The van der Waals surface area contributed by atoms with Crippen molar-refractivity contribution in [3.63, 3.8) is 0 Å². The predicted octanol–water partition coefficient (Wildman–Crippen LogP) is 2.17. The average molecular weight is 291 g/mol. The Hall–Kier alpha value is -2.04. The number of carboxylic acid groups (broad SMARTS) is 1. The van der Waals surface area contributed by atoms with Crippen LogP contribution in [0.25, 0.3) is 0 Å². The SMILES string of the molecule is CC(Oc1ccccc1)C(=O)N1CCCC(C)C1C(=O)O. The Labute approximate surface area is 124 Å².